The van der Waals surface area contributed by atoms with E-state index in [0.29, 0.717) is 7.69 Å². The fraction of sp³-hybridized carbons (Fsp3) is 0.429. The van der Waals surface area contributed by atoms with Gasteiger partial charge in [0.05, 0.1) is 11.2 Å². The fourth-order valence-electron chi connectivity index (χ4n) is 1.11. The summed E-state index contributed by atoms with van der Waals surface area (Å²) in [7, 11) is 0.707. The molecule has 0 saturated carbocycles. The molecule has 1 heterocycles. The molecule has 0 saturated heterocycles. The fourth-order valence-corrected chi connectivity index (χ4v) is 1.96. The van der Waals surface area contributed by atoms with Crippen molar-refractivity contribution in [3.8, 4) is 5.06 Å². The van der Waals surface area contributed by atoms with E-state index in [2.05, 4.69) is 0 Å². The van der Waals surface area contributed by atoms with Crippen LogP contribution < -0.4 is 4.65 Å². The highest BCUT2D eigenvalue weighted by Gasteiger charge is 2.31. The third kappa shape index (κ3) is 4.49. The van der Waals surface area contributed by atoms with Gasteiger partial charge in [0, 0.05) is 10.8 Å². The predicted octanol–water partition coefficient (Wildman–Crippen LogP) is 2.33. The minimum atomic E-state index is -1.01. The molecule has 2 rings (SSSR count). The minimum absolute atomic E-state index is 0.707. The zero-order valence-corrected chi connectivity index (χ0v) is 12.9. The minimum Gasteiger partial charge on any atom is -0.529 e. The number of rotatable bonds is 3. The van der Waals surface area contributed by atoms with Gasteiger partial charge in [0.2, 0.25) is 0 Å². The molecular weight excluding hydrogens is 275 g/mol. The molecular formula is C14H20BO4S. The van der Waals surface area contributed by atoms with Gasteiger partial charge in [0.25, 0.3) is 0 Å². The van der Waals surface area contributed by atoms with E-state index in [9.17, 15) is 0 Å². The summed E-state index contributed by atoms with van der Waals surface area (Å²) in [5.41, 5.74) is -2.01. The summed E-state index contributed by atoms with van der Waals surface area (Å²) in [6.07, 6.45) is 0. The van der Waals surface area contributed by atoms with Crippen molar-refractivity contribution in [3.63, 3.8) is 0 Å². The Bertz CT molecular complexity index is 528. The second kappa shape index (κ2) is 6.58. The first kappa shape index (κ1) is 17.0. The van der Waals surface area contributed by atoms with Crippen LogP contribution in [0.15, 0.2) is 29.6 Å². The summed E-state index contributed by atoms with van der Waals surface area (Å²) in [5, 5.41) is 31.6. The lowest BCUT2D eigenvalue weighted by Gasteiger charge is -2.31. The van der Waals surface area contributed by atoms with Crippen LogP contribution in [0.1, 0.15) is 27.7 Å². The van der Waals surface area contributed by atoms with Gasteiger partial charge in [0.1, 0.15) is 0 Å². The van der Waals surface area contributed by atoms with Gasteiger partial charge in [-0.3, -0.25) is 0 Å². The Labute approximate surface area is 124 Å². The molecule has 0 aliphatic heterocycles. The lowest BCUT2D eigenvalue weighted by atomic mass is 9.90. The van der Waals surface area contributed by atoms with Crippen LogP contribution in [-0.2, 0) is 0 Å². The van der Waals surface area contributed by atoms with Gasteiger partial charge in [-0.25, -0.2) is 0 Å². The Kier molecular flexibility index (Phi) is 5.59. The van der Waals surface area contributed by atoms with Crippen LogP contribution in [0.25, 0.3) is 10.8 Å². The molecule has 6 heteroatoms. The summed E-state index contributed by atoms with van der Waals surface area (Å²) < 4.78 is 4.91. The summed E-state index contributed by atoms with van der Waals surface area (Å²) in [6.45, 7) is 6.31. The summed E-state index contributed by atoms with van der Waals surface area (Å²) in [5.74, 6) is 0. The average molecular weight is 295 g/mol. The van der Waals surface area contributed by atoms with Gasteiger partial charge in [-0.05, 0) is 39.1 Å². The molecule has 109 valence electrons. The molecule has 0 fully saturated rings. The normalized spacial score (nSPS) is 11.8. The largest absolute Gasteiger partial charge is 0.569 e. The molecule has 0 atom stereocenters. The molecule has 1 aromatic carbocycles. The molecule has 1 radical (unpaired) electrons. The van der Waals surface area contributed by atoms with E-state index < -0.39 is 11.2 Å². The van der Waals surface area contributed by atoms with E-state index in [1.165, 1.54) is 11.3 Å². The monoisotopic (exact) mass is 295 g/mol. The standard InChI is InChI=1S/C8H6BO2S.C6H14O2/c10-9-11-8-7-4-2-1-3-6(7)5-12-8;1-5(2,7)6(3,4)8/h1-5,10H;7-8H,1-4H3. The first-order chi connectivity index (χ1) is 9.17. The van der Waals surface area contributed by atoms with E-state index in [4.69, 9.17) is 19.9 Å². The number of fused-ring (bicyclic) bond motifs is 1. The van der Waals surface area contributed by atoms with Crippen LogP contribution >= 0.6 is 11.3 Å². The maximum absolute atomic E-state index is 9.10. The third-order valence-corrected chi connectivity index (χ3v) is 4.03. The Morgan fingerprint density at radius 2 is 1.60 bits per heavy atom. The van der Waals surface area contributed by atoms with Gasteiger partial charge < -0.3 is 19.9 Å². The molecule has 0 amide bonds. The highest BCUT2D eigenvalue weighted by atomic mass is 32.1. The van der Waals surface area contributed by atoms with E-state index >= 15 is 0 Å². The van der Waals surface area contributed by atoms with Crippen LogP contribution in [0.4, 0.5) is 0 Å². The second-order valence-electron chi connectivity index (χ2n) is 5.45. The lowest BCUT2D eigenvalue weighted by Crippen LogP contribution is -2.44. The van der Waals surface area contributed by atoms with Crippen LogP contribution in [0.5, 0.6) is 5.06 Å². The molecule has 0 bridgehead atoms. The number of hydrogen-bond donors (Lipinski definition) is 3. The van der Waals surface area contributed by atoms with Gasteiger partial charge in [0.15, 0.2) is 5.06 Å². The van der Waals surface area contributed by atoms with Gasteiger partial charge in [-0.1, -0.05) is 18.2 Å². The van der Waals surface area contributed by atoms with Crippen molar-refractivity contribution in [1.29, 1.82) is 0 Å². The molecule has 4 nitrogen and oxygen atoms in total. The van der Waals surface area contributed by atoms with Crippen molar-refractivity contribution in [2.75, 3.05) is 0 Å². The Morgan fingerprint density at radius 3 is 2.10 bits per heavy atom. The Balaban J connectivity index is 0.000000221. The first-order valence-electron chi connectivity index (χ1n) is 6.20. The highest BCUT2D eigenvalue weighted by Crippen LogP contribution is 2.32. The van der Waals surface area contributed by atoms with Gasteiger partial charge in [-0.2, -0.15) is 0 Å². The molecule has 20 heavy (non-hydrogen) atoms. The lowest BCUT2D eigenvalue weighted by molar-refractivity contribution is -0.107. The predicted molar refractivity (Wildman–Crippen MR) is 83.0 cm³/mol. The van der Waals surface area contributed by atoms with E-state index in [1.54, 1.807) is 27.7 Å². The van der Waals surface area contributed by atoms with Crippen molar-refractivity contribution in [3.05, 3.63) is 29.6 Å². The maximum Gasteiger partial charge on any atom is 0.569 e. The van der Waals surface area contributed by atoms with E-state index in [-0.39, 0.29) is 0 Å². The molecule has 0 unspecified atom stereocenters. The van der Waals surface area contributed by atoms with Crippen molar-refractivity contribution < 1.29 is 19.9 Å². The van der Waals surface area contributed by atoms with Crippen LogP contribution in [0, 0.1) is 0 Å². The number of hydrogen-bond acceptors (Lipinski definition) is 5. The smallest absolute Gasteiger partial charge is 0.529 e. The van der Waals surface area contributed by atoms with Crippen molar-refractivity contribution in [1.82, 2.24) is 0 Å². The molecule has 0 aliphatic rings. The number of aliphatic hydroxyl groups is 2. The van der Waals surface area contributed by atoms with Crippen molar-refractivity contribution in [2.24, 2.45) is 0 Å². The van der Waals surface area contributed by atoms with Gasteiger partial charge in [-0.15, -0.1) is 11.3 Å². The van der Waals surface area contributed by atoms with Crippen LogP contribution in [-0.4, -0.2) is 34.1 Å². The Hall–Kier alpha value is -1.08. The number of thiophene rings is 1. The SMILES string of the molecule is CC(C)(O)C(C)(C)O.O[B]Oc1scc2ccccc12. The summed E-state index contributed by atoms with van der Waals surface area (Å²) in [4.78, 5) is 0. The second-order valence-corrected chi connectivity index (χ2v) is 6.29. The molecule has 3 N–H and O–H groups in total. The molecule has 2 aromatic rings. The first-order valence-corrected chi connectivity index (χ1v) is 7.08. The molecule has 1 aromatic heterocycles. The summed E-state index contributed by atoms with van der Waals surface area (Å²) >= 11 is 1.47. The maximum atomic E-state index is 9.10. The number of benzene rings is 1. The zero-order valence-electron chi connectivity index (χ0n) is 12.1. The molecule has 0 aliphatic carbocycles. The average Bonchev–Trinajstić information content (AvgIpc) is 2.72. The van der Waals surface area contributed by atoms with Crippen LogP contribution in [0.2, 0.25) is 0 Å². The van der Waals surface area contributed by atoms with E-state index in [1.807, 2.05) is 29.6 Å². The van der Waals surface area contributed by atoms with E-state index in [0.717, 1.165) is 15.8 Å². The summed E-state index contributed by atoms with van der Waals surface area (Å²) in [6, 6.07) is 7.89. The Morgan fingerprint density at radius 1 is 1.05 bits per heavy atom. The van der Waals surface area contributed by atoms with Crippen LogP contribution in [0.3, 0.4) is 0 Å². The molecule has 0 spiro atoms. The topological polar surface area (TPSA) is 69.9 Å². The highest BCUT2D eigenvalue weighted by molar-refractivity contribution is 7.13. The zero-order chi connectivity index (χ0) is 15.4. The third-order valence-electron chi connectivity index (χ3n) is 3.13. The van der Waals surface area contributed by atoms with Gasteiger partial charge >= 0.3 is 7.69 Å². The van der Waals surface area contributed by atoms with Crippen molar-refractivity contribution in [2.45, 2.75) is 38.9 Å². The van der Waals surface area contributed by atoms with Crippen molar-refractivity contribution >= 4 is 29.8 Å². The quantitative estimate of drug-likeness (QED) is 0.760.